The summed E-state index contributed by atoms with van der Waals surface area (Å²) in [4.78, 5) is 0. The van der Waals surface area contributed by atoms with Gasteiger partial charge >= 0.3 is 0 Å². The molecule has 110 valence electrons. The molecule has 0 bridgehead atoms. The molecule has 0 radical (unpaired) electrons. The third-order valence-corrected chi connectivity index (χ3v) is 3.75. The van der Waals surface area contributed by atoms with Crippen LogP contribution >= 0.6 is 12.2 Å². The van der Waals surface area contributed by atoms with E-state index >= 15 is 0 Å². The Bertz CT molecular complexity index is 595. The van der Waals surface area contributed by atoms with Crippen molar-refractivity contribution in [1.29, 1.82) is 0 Å². The fraction of sp³-hybridized carbons (Fsp3) is 0.278. The van der Waals surface area contributed by atoms with Crippen molar-refractivity contribution in [2.24, 2.45) is 0 Å². The minimum Gasteiger partial charge on any atom is -0.332 e. The maximum atomic E-state index is 5.44. The number of para-hydroxylation sites is 1. The second-order valence-electron chi connectivity index (χ2n) is 5.10. The molecule has 2 nitrogen and oxygen atoms in total. The molecule has 2 rings (SSSR count). The summed E-state index contributed by atoms with van der Waals surface area (Å²) >= 11 is 5.44. The second-order valence-corrected chi connectivity index (χ2v) is 5.51. The Morgan fingerprint density at radius 2 is 1.48 bits per heavy atom. The number of hydrogen-bond donors (Lipinski definition) is 2. The summed E-state index contributed by atoms with van der Waals surface area (Å²) in [7, 11) is 0. The van der Waals surface area contributed by atoms with Crippen LogP contribution in [0.1, 0.15) is 30.5 Å². The number of nitrogens with one attached hydrogen (secondary N) is 2. The van der Waals surface area contributed by atoms with Gasteiger partial charge < -0.3 is 10.6 Å². The molecule has 0 amide bonds. The van der Waals surface area contributed by atoms with E-state index in [4.69, 9.17) is 12.2 Å². The van der Waals surface area contributed by atoms with E-state index in [2.05, 4.69) is 61.7 Å². The number of thiocarbonyl (C=S) groups is 1. The SMILES string of the molecule is CCc1cccc(CC)c1NC(=S)Nc1ccc(C)cc1. The van der Waals surface area contributed by atoms with Crippen molar-refractivity contribution in [3.8, 4) is 0 Å². The van der Waals surface area contributed by atoms with Crippen LogP contribution in [0.15, 0.2) is 42.5 Å². The Kier molecular flexibility index (Phi) is 5.34. The topological polar surface area (TPSA) is 24.1 Å². The smallest absolute Gasteiger partial charge is 0.175 e. The predicted octanol–water partition coefficient (Wildman–Crippen LogP) is 4.93. The van der Waals surface area contributed by atoms with E-state index in [9.17, 15) is 0 Å². The van der Waals surface area contributed by atoms with Crippen LogP contribution in [0.5, 0.6) is 0 Å². The lowest BCUT2D eigenvalue weighted by Gasteiger charge is -2.17. The third kappa shape index (κ3) is 4.05. The number of anilines is 2. The largest absolute Gasteiger partial charge is 0.332 e. The summed E-state index contributed by atoms with van der Waals surface area (Å²) in [6.07, 6.45) is 1.98. The Morgan fingerprint density at radius 1 is 0.905 bits per heavy atom. The van der Waals surface area contributed by atoms with E-state index in [1.807, 2.05) is 12.1 Å². The molecule has 0 aliphatic rings. The third-order valence-electron chi connectivity index (χ3n) is 3.55. The number of benzene rings is 2. The summed E-state index contributed by atoms with van der Waals surface area (Å²) in [5, 5.41) is 7.24. The molecule has 0 aliphatic carbocycles. The van der Waals surface area contributed by atoms with E-state index < -0.39 is 0 Å². The van der Waals surface area contributed by atoms with E-state index in [-0.39, 0.29) is 0 Å². The molecule has 2 N–H and O–H groups in total. The lowest BCUT2D eigenvalue weighted by atomic mass is 10.0. The van der Waals surface area contributed by atoms with Crippen molar-refractivity contribution in [2.75, 3.05) is 10.6 Å². The van der Waals surface area contributed by atoms with Gasteiger partial charge in [-0.15, -0.1) is 0 Å². The highest BCUT2D eigenvalue weighted by molar-refractivity contribution is 7.80. The van der Waals surface area contributed by atoms with Crippen LogP contribution in [0.25, 0.3) is 0 Å². The van der Waals surface area contributed by atoms with Gasteiger partial charge in [-0.05, 0) is 55.2 Å². The first-order valence-electron chi connectivity index (χ1n) is 7.39. The van der Waals surface area contributed by atoms with Gasteiger partial charge in [0.1, 0.15) is 0 Å². The Morgan fingerprint density at radius 3 is 2.00 bits per heavy atom. The molecule has 2 aromatic carbocycles. The summed E-state index contributed by atoms with van der Waals surface area (Å²) in [6.45, 7) is 6.40. The van der Waals surface area contributed by atoms with E-state index in [0.29, 0.717) is 5.11 Å². The fourth-order valence-corrected chi connectivity index (χ4v) is 2.54. The highest BCUT2D eigenvalue weighted by Gasteiger charge is 2.07. The Hall–Kier alpha value is -1.87. The summed E-state index contributed by atoms with van der Waals surface area (Å²) in [5.74, 6) is 0. The van der Waals surface area contributed by atoms with E-state index in [1.165, 1.54) is 16.7 Å². The first kappa shape index (κ1) is 15.5. The minimum atomic E-state index is 0.634. The van der Waals surface area contributed by atoms with Crippen LogP contribution in [0.3, 0.4) is 0 Å². The lowest BCUT2D eigenvalue weighted by Crippen LogP contribution is -2.20. The normalized spacial score (nSPS) is 10.2. The molecule has 0 fully saturated rings. The van der Waals surface area contributed by atoms with Crippen LogP contribution in [-0.2, 0) is 12.8 Å². The van der Waals surface area contributed by atoms with Crippen molar-refractivity contribution in [1.82, 2.24) is 0 Å². The van der Waals surface area contributed by atoms with Crippen molar-refractivity contribution in [2.45, 2.75) is 33.6 Å². The second kappa shape index (κ2) is 7.23. The quantitative estimate of drug-likeness (QED) is 0.783. The average Bonchev–Trinajstić information content (AvgIpc) is 2.49. The molecule has 0 atom stereocenters. The fourth-order valence-electron chi connectivity index (χ4n) is 2.32. The molecule has 21 heavy (non-hydrogen) atoms. The van der Waals surface area contributed by atoms with Crippen molar-refractivity contribution < 1.29 is 0 Å². The van der Waals surface area contributed by atoms with Gasteiger partial charge in [-0.1, -0.05) is 49.7 Å². The predicted molar refractivity (Wildman–Crippen MR) is 96.2 cm³/mol. The number of rotatable bonds is 4. The zero-order valence-electron chi connectivity index (χ0n) is 12.9. The molecule has 0 saturated carbocycles. The maximum Gasteiger partial charge on any atom is 0.175 e. The average molecular weight is 298 g/mol. The van der Waals surface area contributed by atoms with Crippen LogP contribution in [0.4, 0.5) is 11.4 Å². The summed E-state index contributed by atoms with van der Waals surface area (Å²) in [5.41, 5.74) is 5.98. The molecule has 3 heteroatoms. The monoisotopic (exact) mass is 298 g/mol. The van der Waals surface area contributed by atoms with Crippen molar-refractivity contribution in [3.63, 3.8) is 0 Å². The van der Waals surface area contributed by atoms with Gasteiger partial charge in [0.15, 0.2) is 5.11 Å². The van der Waals surface area contributed by atoms with E-state index in [1.54, 1.807) is 0 Å². The van der Waals surface area contributed by atoms with Crippen LogP contribution in [-0.4, -0.2) is 5.11 Å². The molecular formula is C18H22N2S. The van der Waals surface area contributed by atoms with Gasteiger partial charge in [-0.25, -0.2) is 0 Å². The van der Waals surface area contributed by atoms with Gasteiger partial charge in [-0.3, -0.25) is 0 Å². The highest BCUT2D eigenvalue weighted by Crippen LogP contribution is 2.23. The molecular weight excluding hydrogens is 276 g/mol. The van der Waals surface area contributed by atoms with Gasteiger partial charge in [0.25, 0.3) is 0 Å². The molecule has 2 aromatic rings. The van der Waals surface area contributed by atoms with Crippen LogP contribution in [0.2, 0.25) is 0 Å². The Labute approximate surface area is 132 Å². The maximum absolute atomic E-state index is 5.44. The number of aryl methyl sites for hydroxylation is 3. The van der Waals surface area contributed by atoms with Gasteiger partial charge in [0, 0.05) is 11.4 Å². The molecule has 0 aliphatic heterocycles. The highest BCUT2D eigenvalue weighted by atomic mass is 32.1. The molecule has 0 aromatic heterocycles. The van der Waals surface area contributed by atoms with Crippen molar-refractivity contribution in [3.05, 3.63) is 59.2 Å². The zero-order chi connectivity index (χ0) is 15.2. The molecule has 0 spiro atoms. The lowest BCUT2D eigenvalue weighted by molar-refractivity contribution is 1.09. The molecule has 0 heterocycles. The van der Waals surface area contributed by atoms with E-state index in [0.717, 1.165) is 24.2 Å². The van der Waals surface area contributed by atoms with Gasteiger partial charge in [0.05, 0.1) is 0 Å². The first-order valence-corrected chi connectivity index (χ1v) is 7.80. The van der Waals surface area contributed by atoms with Gasteiger partial charge in [0.2, 0.25) is 0 Å². The Balaban J connectivity index is 2.14. The zero-order valence-corrected chi connectivity index (χ0v) is 13.7. The summed E-state index contributed by atoms with van der Waals surface area (Å²) < 4.78 is 0. The van der Waals surface area contributed by atoms with Crippen LogP contribution in [0, 0.1) is 6.92 Å². The molecule has 0 saturated heterocycles. The standard InChI is InChI=1S/C18H22N2S/c1-4-14-7-6-8-15(5-2)17(14)20-18(21)19-16-11-9-13(3)10-12-16/h6-12H,4-5H2,1-3H3,(H2,19,20,21). The number of hydrogen-bond acceptors (Lipinski definition) is 1. The van der Waals surface area contributed by atoms with Gasteiger partial charge in [-0.2, -0.15) is 0 Å². The first-order chi connectivity index (χ1) is 10.1. The van der Waals surface area contributed by atoms with Crippen molar-refractivity contribution >= 4 is 28.7 Å². The summed E-state index contributed by atoms with van der Waals surface area (Å²) in [6, 6.07) is 14.6. The van der Waals surface area contributed by atoms with Crippen LogP contribution < -0.4 is 10.6 Å². The minimum absolute atomic E-state index is 0.634. The molecule has 0 unspecified atom stereocenters.